The molecule has 2 amide bonds. The van der Waals surface area contributed by atoms with E-state index in [9.17, 15) is 18.4 Å². The molecule has 0 spiro atoms. The summed E-state index contributed by atoms with van der Waals surface area (Å²) in [5.74, 6) is -4.96. The normalized spacial score (nSPS) is 21.5. The van der Waals surface area contributed by atoms with Gasteiger partial charge in [0.15, 0.2) is 0 Å². The molecule has 2 saturated carbocycles. The Morgan fingerprint density at radius 2 is 1.84 bits per heavy atom. The Labute approximate surface area is 177 Å². The van der Waals surface area contributed by atoms with E-state index >= 15 is 4.39 Å². The molecule has 1 heterocycles. The van der Waals surface area contributed by atoms with Gasteiger partial charge in [0.2, 0.25) is 11.9 Å². The van der Waals surface area contributed by atoms with Crippen molar-refractivity contribution in [1.82, 2.24) is 14.9 Å². The average molecular weight is 432 g/mol. The Morgan fingerprint density at radius 3 is 2.39 bits per heavy atom. The first-order valence-corrected chi connectivity index (χ1v) is 10.1. The summed E-state index contributed by atoms with van der Waals surface area (Å²) in [7, 11) is 1.36. The quantitative estimate of drug-likeness (QED) is 0.753. The number of nitrogens with one attached hydrogen (secondary N) is 1. The fraction of sp³-hybridized carbons (Fsp3) is 0.455. The summed E-state index contributed by atoms with van der Waals surface area (Å²) in [4.78, 5) is 34.3. The maximum absolute atomic E-state index is 15.3. The Hall–Kier alpha value is -2.97. The summed E-state index contributed by atoms with van der Waals surface area (Å²) in [5.41, 5.74) is -0.914. The number of benzene rings is 1. The standard InChI is InChI=1S/C22H23F3N4O2/c1-12-8-26-20(27-9-12)28-16(30)10-29(3)19(31)15-7-6-14(13-4-5-13)18(23)17(15)21(2)11-22(21,24)25/h6-9,13H,4-5,10-11H2,1-3H3,(H,26,27,28,30)/t21-/m0/s1. The molecule has 1 N–H and O–H groups in total. The number of hydrogen-bond donors (Lipinski definition) is 1. The van der Waals surface area contributed by atoms with Gasteiger partial charge in [0.25, 0.3) is 11.8 Å². The topological polar surface area (TPSA) is 75.2 Å². The average Bonchev–Trinajstić information content (AvgIpc) is 3.60. The van der Waals surface area contributed by atoms with Gasteiger partial charge in [-0.2, -0.15) is 0 Å². The number of likely N-dealkylation sites (N-methyl/N-ethyl adjacent to an activating group) is 1. The zero-order valence-corrected chi connectivity index (χ0v) is 17.5. The minimum absolute atomic E-state index is 0.0110. The summed E-state index contributed by atoms with van der Waals surface area (Å²) in [6.45, 7) is 2.71. The number of amides is 2. The number of aromatic nitrogens is 2. The minimum Gasteiger partial charge on any atom is -0.332 e. The van der Waals surface area contributed by atoms with Crippen LogP contribution >= 0.6 is 0 Å². The van der Waals surface area contributed by atoms with E-state index in [2.05, 4.69) is 15.3 Å². The van der Waals surface area contributed by atoms with Crippen LogP contribution in [0.2, 0.25) is 0 Å². The molecule has 1 aromatic heterocycles. The van der Waals surface area contributed by atoms with Crippen LogP contribution in [0.1, 0.15) is 59.2 Å². The molecule has 0 bridgehead atoms. The van der Waals surface area contributed by atoms with E-state index < -0.39 is 35.4 Å². The molecule has 9 heteroatoms. The minimum atomic E-state index is -3.08. The van der Waals surface area contributed by atoms with Crippen molar-refractivity contribution >= 4 is 17.8 Å². The lowest BCUT2D eigenvalue weighted by atomic mass is 9.88. The van der Waals surface area contributed by atoms with Crippen molar-refractivity contribution in [3.8, 4) is 0 Å². The summed E-state index contributed by atoms with van der Waals surface area (Å²) in [5, 5.41) is 2.47. The summed E-state index contributed by atoms with van der Waals surface area (Å²) in [6, 6.07) is 2.91. The highest BCUT2D eigenvalue weighted by molar-refractivity contribution is 6.00. The lowest BCUT2D eigenvalue weighted by Gasteiger charge is -2.23. The van der Waals surface area contributed by atoms with Crippen molar-refractivity contribution < 1.29 is 22.8 Å². The van der Waals surface area contributed by atoms with E-state index in [4.69, 9.17) is 0 Å². The van der Waals surface area contributed by atoms with Crippen molar-refractivity contribution in [2.75, 3.05) is 18.9 Å². The summed E-state index contributed by atoms with van der Waals surface area (Å²) in [6.07, 6.45) is 4.16. The first-order chi connectivity index (χ1) is 14.5. The number of carbonyl (C=O) groups excluding carboxylic acids is 2. The number of carbonyl (C=O) groups is 2. The predicted octanol–water partition coefficient (Wildman–Crippen LogP) is 3.81. The van der Waals surface area contributed by atoms with Gasteiger partial charge in [0.1, 0.15) is 5.82 Å². The zero-order valence-electron chi connectivity index (χ0n) is 17.5. The van der Waals surface area contributed by atoms with Crippen LogP contribution in [-0.4, -0.2) is 46.2 Å². The number of nitrogens with zero attached hydrogens (tertiary/aromatic N) is 3. The van der Waals surface area contributed by atoms with Crippen LogP contribution in [0.3, 0.4) is 0 Å². The maximum Gasteiger partial charge on any atom is 0.258 e. The Kier molecular flexibility index (Phi) is 5.02. The second kappa shape index (κ2) is 7.32. The third-order valence-electron chi connectivity index (χ3n) is 5.99. The molecule has 6 nitrogen and oxygen atoms in total. The van der Waals surface area contributed by atoms with Gasteiger partial charge in [-0.3, -0.25) is 14.9 Å². The summed E-state index contributed by atoms with van der Waals surface area (Å²) >= 11 is 0. The molecular weight excluding hydrogens is 409 g/mol. The van der Waals surface area contributed by atoms with Gasteiger partial charge < -0.3 is 4.90 Å². The third kappa shape index (κ3) is 3.88. The van der Waals surface area contributed by atoms with Gasteiger partial charge in [0, 0.05) is 37.0 Å². The third-order valence-corrected chi connectivity index (χ3v) is 5.99. The molecule has 1 aromatic carbocycles. The van der Waals surface area contributed by atoms with Crippen molar-refractivity contribution in [3.05, 3.63) is 52.6 Å². The SMILES string of the molecule is Cc1cnc(NC(=O)CN(C)C(=O)c2ccc(C3CC3)c(F)c2[C@]2(C)CC2(F)F)nc1. The maximum atomic E-state index is 15.3. The molecule has 0 saturated heterocycles. The van der Waals surface area contributed by atoms with Crippen LogP contribution in [0.25, 0.3) is 0 Å². The largest absolute Gasteiger partial charge is 0.332 e. The molecule has 2 aliphatic rings. The lowest BCUT2D eigenvalue weighted by molar-refractivity contribution is -0.116. The first kappa shape index (κ1) is 21.3. The number of alkyl halides is 2. The van der Waals surface area contributed by atoms with Crippen LogP contribution in [0.4, 0.5) is 19.1 Å². The van der Waals surface area contributed by atoms with Gasteiger partial charge in [-0.05, 0) is 49.8 Å². The molecule has 1 atom stereocenters. The molecule has 0 aliphatic heterocycles. The Bertz CT molecular complexity index is 1050. The highest BCUT2D eigenvalue weighted by Crippen LogP contribution is 2.63. The second-order valence-electron chi connectivity index (χ2n) is 8.67. The van der Waals surface area contributed by atoms with Crippen LogP contribution in [0.5, 0.6) is 0 Å². The molecule has 31 heavy (non-hydrogen) atoms. The number of anilines is 1. The van der Waals surface area contributed by atoms with Gasteiger partial charge in [-0.1, -0.05) is 6.07 Å². The number of aryl methyl sites for hydroxylation is 1. The molecule has 2 fully saturated rings. The Morgan fingerprint density at radius 1 is 1.23 bits per heavy atom. The molecule has 164 valence electrons. The van der Waals surface area contributed by atoms with Gasteiger partial charge in [0.05, 0.1) is 12.0 Å². The van der Waals surface area contributed by atoms with E-state index in [1.807, 2.05) is 0 Å². The smallest absolute Gasteiger partial charge is 0.258 e. The monoisotopic (exact) mass is 432 g/mol. The van der Waals surface area contributed by atoms with E-state index in [1.54, 1.807) is 6.92 Å². The van der Waals surface area contributed by atoms with Crippen LogP contribution < -0.4 is 5.32 Å². The van der Waals surface area contributed by atoms with Crippen LogP contribution in [0, 0.1) is 12.7 Å². The molecule has 0 radical (unpaired) electrons. The lowest BCUT2D eigenvalue weighted by Crippen LogP contribution is -2.36. The fourth-order valence-electron chi connectivity index (χ4n) is 3.80. The second-order valence-corrected chi connectivity index (χ2v) is 8.67. The highest BCUT2D eigenvalue weighted by Gasteiger charge is 2.70. The van der Waals surface area contributed by atoms with E-state index in [0.29, 0.717) is 5.56 Å². The number of hydrogen-bond acceptors (Lipinski definition) is 4. The predicted molar refractivity (Wildman–Crippen MR) is 108 cm³/mol. The fourth-order valence-corrected chi connectivity index (χ4v) is 3.80. The Balaban J connectivity index is 1.57. The van der Waals surface area contributed by atoms with E-state index in [1.165, 1.54) is 38.5 Å². The molecule has 2 aliphatic carbocycles. The van der Waals surface area contributed by atoms with E-state index in [0.717, 1.165) is 23.3 Å². The highest BCUT2D eigenvalue weighted by atomic mass is 19.3. The molecule has 0 unspecified atom stereocenters. The summed E-state index contributed by atoms with van der Waals surface area (Å²) < 4.78 is 43.6. The van der Waals surface area contributed by atoms with Crippen molar-refractivity contribution in [2.45, 2.75) is 50.4 Å². The van der Waals surface area contributed by atoms with E-state index in [-0.39, 0.29) is 29.5 Å². The van der Waals surface area contributed by atoms with Gasteiger partial charge >= 0.3 is 0 Å². The van der Waals surface area contributed by atoms with Crippen molar-refractivity contribution in [3.63, 3.8) is 0 Å². The van der Waals surface area contributed by atoms with Crippen molar-refractivity contribution in [1.29, 1.82) is 0 Å². The van der Waals surface area contributed by atoms with Crippen molar-refractivity contribution in [2.24, 2.45) is 0 Å². The van der Waals surface area contributed by atoms with Gasteiger partial charge in [-0.15, -0.1) is 0 Å². The molecule has 4 rings (SSSR count). The molecule has 2 aromatic rings. The first-order valence-electron chi connectivity index (χ1n) is 10.1. The number of halogens is 3. The zero-order chi connectivity index (χ0) is 22.6. The number of rotatable bonds is 6. The van der Waals surface area contributed by atoms with Crippen LogP contribution in [-0.2, 0) is 10.2 Å². The molecular formula is C22H23F3N4O2. The van der Waals surface area contributed by atoms with Crippen LogP contribution in [0.15, 0.2) is 24.5 Å². The van der Waals surface area contributed by atoms with Gasteiger partial charge in [-0.25, -0.2) is 23.1 Å².